The van der Waals surface area contributed by atoms with E-state index in [1.807, 2.05) is 0 Å². The Hall–Kier alpha value is 0.423. The SMILES string of the molecule is CC(C)(C)c1c[c-]c2c(c1)CC=C2.[Cl][Zr][Cl]. The second-order valence-electron chi connectivity index (χ2n) is 4.76. The van der Waals surface area contributed by atoms with Gasteiger partial charge in [0.25, 0.3) is 0 Å². The minimum atomic E-state index is -0.826. The number of benzene rings is 1. The molecule has 0 spiro atoms. The Balaban J connectivity index is 0.000000386. The number of rotatable bonds is 0. The first kappa shape index (κ1) is 14.5. The van der Waals surface area contributed by atoms with Gasteiger partial charge in [-0.1, -0.05) is 27.2 Å². The van der Waals surface area contributed by atoms with Crippen LogP contribution in [-0.4, -0.2) is 0 Å². The average Bonchev–Trinajstić information content (AvgIpc) is 2.63. The first-order valence-electron chi connectivity index (χ1n) is 5.17. The monoisotopic (exact) mass is 331 g/mol. The first-order valence-corrected chi connectivity index (χ1v) is 11.5. The molecule has 0 saturated carbocycles. The van der Waals surface area contributed by atoms with Crippen molar-refractivity contribution in [2.24, 2.45) is 0 Å². The molecule has 0 fully saturated rings. The molecular formula is C13H15Cl2Zr-. The summed E-state index contributed by atoms with van der Waals surface area (Å²) in [5.41, 5.74) is 4.32. The zero-order valence-electron chi connectivity index (χ0n) is 9.77. The molecule has 16 heavy (non-hydrogen) atoms. The van der Waals surface area contributed by atoms with Gasteiger partial charge in [0.15, 0.2) is 0 Å². The molecule has 1 aromatic rings. The number of hydrogen-bond acceptors (Lipinski definition) is 0. The van der Waals surface area contributed by atoms with Gasteiger partial charge in [-0.15, -0.1) is 47.0 Å². The van der Waals surface area contributed by atoms with Crippen LogP contribution in [0.2, 0.25) is 0 Å². The van der Waals surface area contributed by atoms with Gasteiger partial charge in [0.05, 0.1) is 0 Å². The van der Waals surface area contributed by atoms with E-state index in [0.29, 0.717) is 0 Å². The fourth-order valence-electron chi connectivity index (χ4n) is 1.62. The van der Waals surface area contributed by atoms with Crippen molar-refractivity contribution >= 4 is 23.1 Å². The summed E-state index contributed by atoms with van der Waals surface area (Å²) in [7, 11) is 9.87. The molecule has 1 aliphatic carbocycles. The average molecular weight is 333 g/mol. The molecule has 0 heterocycles. The fraction of sp³-hybridized carbons (Fsp3) is 0.385. The number of allylic oxidation sites excluding steroid dienone is 1. The maximum atomic E-state index is 4.93. The van der Waals surface area contributed by atoms with E-state index in [9.17, 15) is 0 Å². The fourth-order valence-corrected chi connectivity index (χ4v) is 1.62. The topological polar surface area (TPSA) is 0 Å². The summed E-state index contributed by atoms with van der Waals surface area (Å²) in [4.78, 5) is 0. The molecule has 0 nitrogen and oxygen atoms in total. The summed E-state index contributed by atoms with van der Waals surface area (Å²) < 4.78 is 0. The zero-order valence-corrected chi connectivity index (χ0v) is 13.7. The van der Waals surface area contributed by atoms with Crippen molar-refractivity contribution in [3.63, 3.8) is 0 Å². The molecular weight excluding hydrogens is 318 g/mol. The molecule has 0 unspecified atom stereocenters. The molecule has 0 radical (unpaired) electrons. The number of fused-ring (bicyclic) bond motifs is 1. The van der Waals surface area contributed by atoms with Crippen LogP contribution in [-0.2, 0) is 32.7 Å². The van der Waals surface area contributed by atoms with Crippen LogP contribution < -0.4 is 0 Å². The van der Waals surface area contributed by atoms with E-state index in [0.717, 1.165) is 6.42 Å². The molecule has 86 valence electrons. The molecule has 3 heteroatoms. The third kappa shape index (κ3) is 4.02. The van der Waals surface area contributed by atoms with Gasteiger partial charge < -0.3 is 0 Å². The summed E-state index contributed by atoms with van der Waals surface area (Å²) in [5, 5.41) is 0. The van der Waals surface area contributed by atoms with E-state index in [1.54, 1.807) is 0 Å². The normalized spacial score (nSPS) is 12.8. The Morgan fingerprint density at radius 3 is 2.50 bits per heavy atom. The van der Waals surface area contributed by atoms with Gasteiger partial charge in [-0.05, 0) is 5.41 Å². The van der Waals surface area contributed by atoms with Crippen molar-refractivity contribution in [3.05, 3.63) is 41.0 Å². The van der Waals surface area contributed by atoms with Gasteiger partial charge in [-0.2, -0.15) is 0 Å². The standard InChI is InChI=1S/C13H15.2ClH.Zr/c1-13(2,3)12-8-7-10-5-4-6-11(10)9-12;;;/h4-5,8-9H,6H2,1-3H3;2*1H;/q-1;;;+2/p-2. The maximum absolute atomic E-state index is 4.93. The first-order chi connectivity index (χ1) is 7.49. The Kier molecular flexibility index (Phi) is 5.78. The van der Waals surface area contributed by atoms with E-state index < -0.39 is 20.8 Å². The Labute approximate surface area is 117 Å². The second kappa shape index (κ2) is 6.38. The summed E-state index contributed by atoms with van der Waals surface area (Å²) in [6.45, 7) is 6.72. The summed E-state index contributed by atoms with van der Waals surface area (Å²) in [6, 6.07) is 7.77. The van der Waals surface area contributed by atoms with Gasteiger partial charge >= 0.3 is 37.9 Å². The molecule has 0 N–H and O–H groups in total. The Morgan fingerprint density at radius 1 is 1.31 bits per heavy atom. The van der Waals surface area contributed by atoms with E-state index in [2.05, 4.69) is 51.1 Å². The summed E-state index contributed by atoms with van der Waals surface area (Å²) in [5.74, 6) is 0. The predicted molar refractivity (Wildman–Crippen MR) is 68.4 cm³/mol. The molecule has 1 aromatic carbocycles. The molecule has 0 aromatic heterocycles. The van der Waals surface area contributed by atoms with E-state index in [1.165, 1.54) is 16.7 Å². The van der Waals surface area contributed by atoms with Crippen molar-refractivity contribution in [3.8, 4) is 0 Å². The second-order valence-corrected chi connectivity index (χ2v) is 8.49. The van der Waals surface area contributed by atoms with E-state index in [-0.39, 0.29) is 5.41 Å². The predicted octanol–water partition coefficient (Wildman–Crippen LogP) is 4.73. The molecule has 2 rings (SSSR count). The molecule has 0 aliphatic heterocycles. The van der Waals surface area contributed by atoms with Gasteiger partial charge in [0.2, 0.25) is 0 Å². The van der Waals surface area contributed by atoms with E-state index >= 15 is 0 Å². The van der Waals surface area contributed by atoms with Crippen molar-refractivity contribution in [2.75, 3.05) is 0 Å². The van der Waals surface area contributed by atoms with Crippen LogP contribution in [0.3, 0.4) is 0 Å². The van der Waals surface area contributed by atoms with Crippen molar-refractivity contribution in [1.82, 2.24) is 0 Å². The van der Waals surface area contributed by atoms with Gasteiger partial charge in [0.1, 0.15) is 0 Å². The third-order valence-corrected chi connectivity index (χ3v) is 2.55. The Bertz CT molecular complexity index is 378. The number of halogens is 2. The number of hydrogen-bond donors (Lipinski definition) is 0. The van der Waals surface area contributed by atoms with Crippen molar-refractivity contribution in [1.29, 1.82) is 0 Å². The van der Waals surface area contributed by atoms with Crippen LogP contribution in [0.4, 0.5) is 0 Å². The molecule has 0 atom stereocenters. The van der Waals surface area contributed by atoms with E-state index in [4.69, 9.17) is 17.0 Å². The Morgan fingerprint density at radius 2 is 1.94 bits per heavy atom. The van der Waals surface area contributed by atoms with Crippen molar-refractivity contribution < 1.29 is 20.8 Å². The van der Waals surface area contributed by atoms with Gasteiger partial charge in [-0.3, -0.25) is 0 Å². The van der Waals surface area contributed by atoms with Crippen LogP contribution in [0.5, 0.6) is 0 Å². The molecule has 0 bridgehead atoms. The van der Waals surface area contributed by atoms with Crippen LogP contribution >= 0.6 is 17.0 Å². The van der Waals surface area contributed by atoms with Crippen LogP contribution in [0, 0.1) is 6.07 Å². The summed E-state index contributed by atoms with van der Waals surface area (Å²) in [6.07, 6.45) is 5.44. The van der Waals surface area contributed by atoms with Crippen LogP contribution in [0.1, 0.15) is 37.5 Å². The molecule has 0 amide bonds. The van der Waals surface area contributed by atoms with Crippen LogP contribution in [0.25, 0.3) is 6.08 Å². The zero-order chi connectivity index (χ0) is 12.2. The quantitative estimate of drug-likeness (QED) is 0.602. The summed E-state index contributed by atoms with van der Waals surface area (Å²) >= 11 is -0.826. The minimum absolute atomic E-state index is 0.244. The van der Waals surface area contributed by atoms with Crippen LogP contribution in [0.15, 0.2) is 18.2 Å². The van der Waals surface area contributed by atoms with Gasteiger partial charge in [0, 0.05) is 0 Å². The van der Waals surface area contributed by atoms with Crippen molar-refractivity contribution in [2.45, 2.75) is 32.6 Å². The molecule has 1 aliphatic rings. The third-order valence-electron chi connectivity index (χ3n) is 2.55. The molecule has 0 saturated heterocycles. The van der Waals surface area contributed by atoms with Gasteiger partial charge in [-0.25, -0.2) is 0 Å².